The van der Waals surface area contributed by atoms with Crippen molar-refractivity contribution in [2.75, 3.05) is 0 Å². The molecule has 1 saturated carbocycles. The van der Waals surface area contributed by atoms with Gasteiger partial charge in [0.2, 0.25) is 11.8 Å². The molecule has 0 bridgehead atoms. The zero-order valence-corrected chi connectivity index (χ0v) is 12.5. The third kappa shape index (κ3) is 2.21. The van der Waals surface area contributed by atoms with Crippen LogP contribution >= 0.6 is 23.2 Å². The van der Waals surface area contributed by atoms with Crippen LogP contribution in [-0.2, 0) is 16.1 Å². The van der Waals surface area contributed by atoms with Gasteiger partial charge in [0.05, 0.1) is 18.4 Å². The number of amides is 2. The molecule has 106 valence electrons. The Morgan fingerprint density at radius 2 is 1.80 bits per heavy atom. The van der Waals surface area contributed by atoms with E-state index in [1.807, 2.05) is 0 Å². The van der Waals surface area contributed by atoms with Crippen molar-refractivity contribution in [3.63, 3.8) is 0 Å². The molecule has 2 amide bonds. The van der Waals surface area contributed by atoms with E-state index in [4.69, 9.17) is 23.2 Å². The molecule has 3 rings (SSSR count). The summed E-state index contributed by atoms with van der Waals surface area (Å²) in [6.45, 7) is 2.27. The third-order valence-electron chi connectivity index (χ3n) is 4.19. The van der Waals surface area contributed by atoms with Crippen LogP contribution in [0.15, 0.2) is 12.1 Å². The SMILES string of the molecule is CC1CC2C(=O)N(Cc3ccc(Cl)nc3Cl)C(=O)C2C1. The van der Waals surface area contributed by atoms with Gasteiger partial charge in [-0.3, -0.25) is 14.5 Å². The summed E-state index contributed by atoms with van der Waals surface area (Å²) in [5.74, 6) is 0.0136. The molecule has 2 atom stereocenters. The summed E-state index contributed by atoms with van der Waals surface area (Å²) >= 11 is 11.7. The molecule has 0 radical (unpaired) electrons. The highest BCUT2D eigenvalue weighted by Gasteiger charge is 2.51. The number of imide groups is 1. The Morgan fingerprint density at radius 1 is 1.20 bits per heavy atom. The maximum absolute atomic E-state index is 12.3. The van der Waals surface area contributed by atoms with Crippen LogP contribution in [0.1, 0.15) is 25.3 Å². The minimum atomic E-state index is -0.142. The normalized spacial score (nSPS) is 29.1. The number of aromatic nitrogens is 1. The van der Waals surface area contributed by atoms with Gasteiger partial charge in [-0.1, -0.05) is 36.2 Å². The average molecular weight is 313 g/mol. The predicted octanol–water partition coefficient (Wildman–Crippen LogP) is 2.92. The van der Waals surface area contributed by atoms with Crippen molar-refractivity contribution >= 4 is 35.0 Å². The molecule has 1 saturated heterocycles. The molecule has 6 heteroatoms. The maximum atomic E-state index is 12.3. The lowest BCUT2D eigenvalue weighted by Crippen LogP contribution is -2.31. The number of fused-ring (bicyclic) bond motifs is 1. The van der Waals surface area contributed by atoms with E-state index < -0.39 is 0 Å². The monoisotopic (exact) mass is 312 g/mol. The summed E-state index contributed by atoms with van der Waals surface area (Å²) in [6, 6.07) is 3.31. The van der Waals surface area contributed by atoms with Crippen molar-refractivity contribution in [3.05, 3.63) is 28.0 Å². The van der Waals surface area contributed by atoms with Gasteiger partial charge in [-0.15, -0.1) is 0 Å². The van der Waals surface area contributed by atoms with Gasteiger partial charge in [0.15, 0.2) is 0 Å². The van der Waals surface area contributed by atoms with Crippen LogP contribution in [-0.4, -0.2) is 21.7 Å². The highest BCUT2D eigenvalue weighted by molar-refractivity contribution is 6.32. The van der Waals surface area contributed by atoms with Gasteiger partial charge in [-0.2, -0.15) is 0 Å². The molecule has 1 aromatic rings. The Hall–Kier alpha value is -1.13. The molecule has 4 nitrogen and oxygen atoms in total. The Bertz CT molecular complexity index is 567. The largest absolute Gasteiger partial charge is 0.277 e. The van der Waals surface area contributed by atoms with Crippen molar-refractivity contribution in [3.8, 4) is 0 Å². The third-order valence-corrected chi connectivity index (χ3v) is 4.72. The smallest absolute Gasteiger partial charge is 0.233 e. The highest BCUT2D eigenvalue weighted by Crippen LogP contribution is 2.43. The van der Waals surface area contributed by atoms with E-state index in [-0.39, 0.29) is 35.3 Å². The molecule has 0 N–H and O–H groups in total. The van der Waals surface area contributed by atoms with Crippen molar-refractivity contribution in [2.24, 2.45) is 17.8 Å². The Balaban J connectivity index is 1.82. The molecule has 2 aliphatic rings. The van der Waals surface area contributed by atoms with Gasteiger partial charge in [0, 0.05) is 5.56 Å². The Labute approximate surface area is 127 Å². The second-order valence-electron chi connectivity index (χ2n) is 5.64. The maximum Gasteiger partial charge on any atom is 0.233 e. The predicted molar refractivity (Wildman–Crippen MR) is 75.2 cm³/mol. The summed E-state index contributed by atoms with van der Waals surface area (Å²) in [7, 11) is 0. The number of hydrogen-bond acceptors (Lipinski definition) is 3. The molecular formula is C14H14Cl2N2O2. The molecule has 2 heterocycles. The second kappa shape index (κ2) is 5.01. The summed E-state index contributed by atoms with van der Waals surface area (Å²) in [5.41, 5.74) is 0.644. The number of carbonyl (C=O) groups excluding carboxylic acids is 2. The molecule has 1 aliphatic carbocycles. The quantitative estimate of drug-likeness (QED) is 0.623. The number of halogens is 2. The van der Waals surface area contributed by atoms with E-state index in [9.17, 15) is 9.59 Å². The molecule has 0 spiro atoms. The Morgan fingerprint density at radius 3 is 2.35 bits per heavy atom. The molecule has 0 aromatic carbocycles. The zero-order chi connectivity index (χ0) is 14.4. The Kier molecular flexibility index (Phi) is 3.46. The van der Waals surface area contributed by atoms with Gasteiger partial charge in [-0.25, -0.2) is 4.98 Å². The molecule has 2 fully saturated rings. The molecular weight excluding hydrogens is 299 g/mol. The topological polar surface area (TPSA) is 50.3 Å². The molecule has 1 aromatic heterocycles. The lowest BCUT2D eigenvalue weighted by atomic mass is 10.00. The fourth-order valence-corrected chi connectivity index (χ4v) is 3.64. The first-order valence-corrected chi connectivity index (χ1v) is 7.39. The van der Waals surface area contributed by atoms with Crippen LogP contribution in [0.4, 0.5) is 0 Å². The number of likely N-dealkylation sites (tertiary alicyclic amines) is 1. The number of carbonyl (C=O) groups is 2. The van der Waals surface area contributed by atoms with Gasteiger partial charge < -0.3 is 0 Å². The first-order valence-electron chi connectivity index (χ1n) is 6.63. The van der Waals surface area contributed by atoms with E-state index in [0.717, 1.165) is 12.8 Å². The van der Waals surface area contributed by atoms with Gasteiger partial charge >= 0.3 is 0 Å². The fraction of sp³-hybridized carbons (Fsp3) is 0.500. The van der Waals surface area contributed by atoms with Gasteiger partial charge in [0.25, 0.3) is 0 Å². The first kappa shape index (κ1) is 13.8. The van der Waals surface area contributed by atoms with Crippen molar-refractivity contribution in [1.82, 2.24) is 9.88 Å². The van der Waals surface area contributed by atoms with E-state index in [2.05, 4.69) is 11.9 Å². The summed E-state index contributed by atoms with van der Waals surface area (Å²) in [5, 5.41) is 0.534. The molecule has 20 heavy (non-hydrogen) atoms. The summed E-state index contributed by atoms with van der Waals surface area (Å²) in [6.07, 6.45) is 1.61. The highest BCUT2D eigenvalue weighted by atomic mass is 35.5. The number of rotatable bonds is 2. The second-order valence-corrected chi connectivity index (χ2v) is 6.38. The lowest BCUT2D eigenvalue weighted by molar-refractivity contribution is -0.141. The fourth-order valence-electron chi connectivity index (χ4n) is 3.23. The van der Waals surface area contributed by atoms with Crippen LogP contribution in [0.2, 0.25) is 10.3 Å². The standard InChI is InChI=1S/C14H14Cl2N2O2/c1-7-4-9-10(5-7)14(20)18(13(9)19)6-8-2-3-11(15)17-12(8)16/h2-3,7,9-10H,4-6H2,1H3. The van der Waals surface area contributed by atoms with Crippen LogP contribution in [0.5, 0.6) is 0 Å². The van der Waals surface area contributed by atoms with Crippen LogP contribution < -0.4 is 0 Å². The minimum Gasteiger partial charge on any atom is -0.277 e. The van der Waals surface area contributed by atoms with E-state index >= 15 is 0 Å². The zero-order valence-electron chi connectivity index (χ0n) is 11.0. The van der Waals surface area contributed by atoms with Gasteiger partial charge in [-0.05, 0) is 24.8 Å². The van der Waals surface area contributed by atoms with Crippen LogP contribution in [0, 0.1) is 17.8 Å². The molecule has 1 aliphatic heterocycles. The lowest BCUT2D eigenvalue weighted by Gasteiger charge is -2.17. The van der Waals surface area contributed by atoms with Crippen molar-refractivity contribution in [1.29, 1.82) is 0 Å². The summed E-state index contributed by atoms with van der Waals surface area (Å²) in [4.78, 5) is 29.9. The number of nitrogens with zero attached hydrogens (tertiary/aromatic N) is 2. The van der Waals surface area contributed by atoms with E-state index in [1.54, 1.807) is 12.1 Å². The number of pyridine rings is 1. The minimum absolute atomic E-state index is 0.0737. The van der Waals surface area contributed by atoms with Gasteiger partial charge in [0.1, 0.15) is 10.3 Å². The first-order chi connectivity index (χ1) is 9.47. The average Bonchev–Trinajstić information content (AvgIpc) is 2.86. The van der Waals surface area contributed by atoms with Crippen LogP contribution in [0.25, 0.3) is 0 Å². The van der Waals surface area contributed by atoms with E-state index in [1.165, 1.54) is 4.90 Å². The number of hydrogen-bond donors (Lipinski definition) is 0. The van der Waals surface area contributed by atoms with Crippen molar-refractivity contribution < 1.29 is 9.59 Å². The van der Waals surface area contributed by atoms with Crippen LogP contribution in [0.3, 0.4) is 0 Å². The van der Waals surface area contributed by atoms with Crippen molar-refractivity contribution in [2.45, 2.75) is 26.3 Å². The summed E-state index contributed by atoms with van der Waals surface area (Å²) < 4.78 is 0. The van der Waals surface area contributed by atoms with E-state index in [0.29, 0.717) is 16.6 Å². The molecule has 2 unspecified atom stereocenters.